The van der Waals surface area contributed by atoms with E-state index < -0.39 is 0 Å². The van der Waals surface area contributed by atoms with Gasteiger partial charge in [-0.15, -0.1) is 0 Å². The van der Waals surface area contributed by atoms with Gasteiger partial charge in [-0.05, 0) is 19.3 Å². The predicted molar refractivity (Wildman–Crippen MR) is 58.0 cm³/mol. The lowest BCUT2D eigenvalue weighted by atomic mass is 9.91. The van der Waals surface area contributed by atoms with Crippen LogP contribution in [0.3, 0.4) is 0 Å². The zero-order valence-corrected chi connectivity index (χ0v) is 9.78. The quantitative estimate of drug-likeness (QED) is 0.667. The van der Waals surface area contributed by atoms with Crippen molar-refractivity contribution in [3.05, 3.63) is 0 Å². The van der Waals surface area contributed by atoms with Crippen molar-refractivity contribution in [1.82, 2.24) is 10.2 Å². The smallest absolute Gasteiger partial charge is 0.0278 e. The lowest BCUT2D eigenvalue weighted by Gasteiger charge is -2.45. The number of hydrogen-bond donors (Lipinski definition) is 1. The Bertz CT molecular complexity index is 167. The van der Waals surface area contributed by atoms with E-state index in [4.69, 9.17) is 0 Å². The zero-order valence-electron chi connectivity index (χ0n) is 9.78. The number of rotatable bonds is 1. The Balaban J connectivity index is 2.56. The molecule has 1 saturated heterocycles. The SMILES string of the molecule is CC(C)(C)CN1CCNCC1(C)C. The first-order valence-electron chi connectivity index (χ1n) is 5.27. The van der Waals surface area contributed by atoms with Crippen LogP contribution in [0.25, 0.3) is 0 Å². The summed E-state index contributed by atoms with van der Waals surface area (Å²) in [5.41, 5.74) is 0.736. The highest BCUT2D eigenvalue weighted by atomic mass is 15.2. The van der Waals surface area contributed by atoms with Crippen LogP contribution in [0.5, 0.6) is 0 Å². The van der Waals surface area contributed by atoms with Gasteiger partial charge < -0.3 is 5.32 Å². The third-order valence-corrected chi connectivity index (χ3v) is 2.64. The van der Waals surface area contributed by atoms with E-state index in [0.29, 0.717) is 11.0 Å². The van der Waals surface area contributed by atoms with Crippen LogP contribution in [-0.4, -0.2) is 36.6 Å². The summed E-state index contributed by atoms with van der Waals surface area (Å²) < 4.78 is 0. The highest BCUT2D eigenvalue weighted by molar-refractivity contribution is 4.89. The average Bonchev–Trinajstić information content (AvgIpc) is 1.91. The van der Waals surface area contributed by atoms with Gasteiger partial charge in [0.2, 0.25) is 0 Å². The van der Waals surface area contributed by atoms with Crippen LogP contribution >= 0.6 is 0 Å². The maximum atomic E-state index is 3.45. The van der Waals surface area contributed by atoms with Crippen molar-refractivity contribution in [3.63, 3.8) is 0 Å². The van der Waals surface area contributed by atoms with E-state index in [9.17, 15) is 0 Å². The second-order valence-corrected chi connectivity index (χ2v) is 5.97. The molecular weight excluding hydrogens is 160 g/mol. The lowest BCUT2D eigenvalue weighted by molar-refractivity contribution is 0.0563. The number of nitrogens with one attached hydrogen (secondary N) is 1. The predicted octanol–water partition coefficient (Wildman–Crippen LogP) is 1.72. The molecule has 0 aromatic rings. The van der Waals surface area contributed by atoms with Crippen LogP contribution in [-0.2, 0) is 0 Å². The molecule has 13 heavy (non-hydrogen) atoms. The van der Waals surface area contributed by atoms with Gasteiger partial charge >= 0.3 is 0 Å². The Morgan fingerprint density at radius 3 is 2.38 bits per heavy atom. The van der Waals surface area contributed by atoms with Gasteiger partial charge in [-0.1, -0.05) is 20.8 Å². The van der Waals surface area contributed by atoms with Crippen molar-refractivity contribution in [2.24, 2.45) is 5.41 Å². The second-order valence-electron chi connectivity index (χ2n) is 5.97. The molecule has 0 unspecified atom stereocenters. The van der Waals surface area contributed by atoms with E-state index >= 15 is 0 Å². The summed E-state index contributed by atoms with van der Waals surface area (Å²) in [6.07, 6.45) is 0. The number of hydrogen-bond acceptors (Lipinski definition) is 2. The van der Waals surface area contributed by atoms with E-state index in [1.54, 1.807) is 0 Å². The largest absolute Gasteiger partial charge is 0.314 e. The third-order valence-electron chi connectivity index (χ3n) is 2.64. The molecule has 1 aliphatic rings. The van der Waals surface area contributed by atoms with Crippen LogP contribution in [0, 0.1) is 5.41 Å². The Hall–Kier alpha value is -0.0800. The van der Waals surface area contributed by atoms with E-state index in [0.717, 1.165) is 13.1 Å². The van der Waals surface area contributed by atoms with E-state index in [1.165, 1.54) is 13.1 Å². The molecule has 78 valence electrons. The van der Waals surface area contributed by atoms with Gasteiger partial charge in [0.1, 0.15) is 0 Å². The Labute approximate surface area is 82.7 Å². The molecule has 0 aliphatic carbocycles. The van der Waals surface area contributed by atoms with Gasteiger partial charge in [0, 0.05) is 31.7 Å². The Morgan fingerprint density at radius 2 is 1.92 bits per heavy atom. The molecule has 2 heteroatoms. The van der Waals surface area contributed by atoms with Gasteiger partial charge in [0.25, 0.3) is 0 Å². The highest BCUT2D eigenvalue weighted by Gasteiger charge is 2.31. The minimum absolute atomic E-state index is 0.325. The molecular formula is C11H24N2. The molecule has 0 saturated carbocycles. The molecule has 1 heterocycles. The van der Waals surface area contributed by atoms with Crippen molar-refractivity contribution < 1.29 is 0 Å². The Kier molecular flexibility index (Phi) is 3.03. The standard InChI is InChI=1S/C11H24N2/c1-10(2,3)9-13-7-6-12-8-11(13,4)5/h12H,6-9H2,1-5H3. The maximum absolute atomic E-state index is 3.45. The molecule has 1 N–H and O–H groups in total. The molecule has 0 amide bonds. The summed E-state index contributed by atoms with van der Waals surface area (Å²) in [6, 6.07) is 0. The normalized spacial score (nSPS) is 24.7. The van der Waals surface area contributed by atoms with Crippen molar-refractivity contribution >= 4 is 0 Å². The molecule has 0 aromatic heterocycles. The van der Waals surface area contributed by atoms with Gasteiger partial charge in [-0.3, -0.25) is 4.90 Å². The minimum Gasteiger partial charge on any atom is -0.314 e. The fourth-order valence-corrected chi connectivity index (χ4v) is 1.89. The monoisotopic (exact) mass is 184 g/mol. The van der Waals surface area contributed by atoms with Crippen LogP contribution in [0.4, 0.5) is 0 Å². The molecule has 0 radical (unpaired) electrons. The molecule has 1 aliphatic heterocycles. The molecule has 1 rings (SSSR count). The minimum atomic E-state index is 0.325. The first-order valence-corrected chi connectivity index (χ1v) is 5.27. The van der Waals surface area contributed by atoms with Crippen molar-refractivity contribution in [3.8, 4) is 0 Å². The van der Waals surface area contributed by atoms with Crippen molar-refractivity contribution in [2.75, 3.05) is 26.2 Å². The average molecular weight is 184 g/mol. The first-order chi connectivity index (χ1) is 5.81. The van der Waals surface area contributed by atoms with Crippen LogP contribution < -0.4 is 5.32 Å². The lowest BCUT2D eigenvalue weighted by Crippen LogP contribution is -2.59. The summed E-state index contributed by atoms with van der Waals surface area (Å²) in [5, 5.41) is 3.45. The maximum Gasteiger partial charge on any atom is 0.0278 e. The van der Waals surface area contributed by atoms with Crippen LogP contribution in [0.1, 0.15) is 34.6 Å². The molecule has 0 bridgehead atoms. The van der Waals surface area contributed by atoms with Crippen molar-refractivity contribution in [2.45, 2.75) is 40.2 Å². The molecule has 1 fully saturated rings. The van der Waals surface area contributed by atoms with E-state index in [2.05, 4.69) is 44.8 Å². The topological polar surface area (TPSA) is 15.3 Å². The summed E-state index contributed by atoms with van der Waals surface area (Å²) in [7, 11) is 0. The van der Waals surface area contributed by atoms with E-state index in [-0.39, 0.29) is 0 Å². The van der Waals surface area contributed by atoms with Gasteiger partial charge in [0.05, 0.1) is 0 Å². The number of nitrogens with zero attached hydrogens (tertiary/aromatic N) is 1. The summed E-state index contributed by atoms with van der Waals surface area (Å²) >= 11 is 0. The van der Waals surface area contributed by atoms with Gasteiger partial charge in [-0.2, -0.15) is 0 Å². The van der Waals surface area contributed by atoms with Gasteiger partial charge in [-0.25, -0.2) is 0 Å². The van der Waals surface area contributed by atoms with Crippen molar-refractivity contribution in [1.29, 1.82) is 0 Å². The fourth-order valence-electron chi connectivity index (χ4n) is 1.89. The first kappa shape index (κ1) is 11.0. The molecule has 2 nitrogen and oxygen atoms in total. The zero-order chi connectivity index (χ0) is 10.1. The molecule has 0 aromatic carbocycles. The number of piperazine rings is 1. The van der Waals surface area contributed by atoms with Gasteiger partial charge in [0.15, 0.2) is 0 Å². The second kappa shape index (κ2) is 3.58. The summed E-state index contributed by atoms with van der Waals surface area (Å²) in [4.78, 5) is 2.60. The third kappa shape index (κ3) is 3.28. The Morgan fingerprint density at radius 1 is 1.31 bits per heavy atom. The van der Waals surface area contributed by atoms with Crippen LogP contribution in [0.15, 0.2) is 0 Å². The fraction of sp³-hybridized carbons (Fsp3) is 1.00. The molecule has 0 atom stereocenters. The molecule has 0 spiro atoms. The summed E-state index contributed by atoms with van der Waals surface area (Å²) in [5.74, 6) is 0. The van der Waals surface area contributed by atoms with Crippen LogP contribution in [0.2, 0.25) is 0 Å². The highest BCUT2D eigenvalue weighted by Crippen LogP contribution is 2.23. The summed E-state index contributed by atoms with van der Waals surface area (Å²) in [6.45, 7) is 16.2. The van der Waals surface area contributed by atoms with E-state index in [1.807, 2.05) is 0 Å².